The lowest BCUT2D eigenvalue weighted by Gasteiger charge is -1.90. The maximum Gasteiger partial charge on any atom is 0.140 e. The molecular weight excluding hydrogens is 174 g/mol. The standard InChI is InChI=1S/C12H11NO/c1-10-12(9-13-14-10)8-7-11-5-3-2-4-6-11/h2-9H,1H3/b8-7+. The predicted octanol–water partition coefficient (Wildman–Crippen LogP) is 3.15. The summed E-state index contributed by atoms with van der Waals surface area (Å²) in [5.41, 5.74) is 2.20. The molecule has 0 aliphatic rings. The van der Waals surface area contributed by atoms with Gasteiger partial charge in [0, 0.05) is 5.56 Å². The van der Waals surface area contributed by atoms with E-state index in [0.29, 0.717) is 0 Å². The summed E-state index contributed by atoms with van der Waals surface area (Å²) in [7, 11) is 0. The molecule has 0 radical (unpaired) electrons. The molecule has 0 saturated heterocycles. The molecule has 0 amide bonds. The van der Waals surface area contributed by atoms with Crippen LogP contribution in [0.1, 0.15) is 16.9 Å². The number of nitrogens with zero attached hydrogens (tertiary/aromatic N) is 1. The summed E-state index contributed by atoms with van der Waals surface area (Å²) in [6.07, 6.45) is 5.76. The van der Waals surface area contributed by atoms with Crippen molar-refractivity contribution in [3.05, 3.63) is 53.4 Å². The first-order valence-electron chi connectivity index (χ1n) is 4.50. The van der Waals surface area contributed by atoms with Gasteiger partial charge in [-0.2, -0.15) is 0 Å². The van der Waals surface area contributed by atoms with Gasteiger partial charge in [0.25, 0.3) is 0 Å². The molecule has 0 saturated carbocycles. The van der Waals surface area contributed by atoms with Gasteiger partial charge in [-0.05, 0) is 18.6 Å². The molecule has 2 rings (SSSR count). The summed E-state index contributed by atoms with van der Waals surface area (Å²) < 4.78 is 4.95. The second kappa shape index (κ2) is 3.92. The first-order valence-corrected chi connectivity index (χ1v) is 4.50. The molecule has 0 spiro atoms. The SMILES string of the molecule is Cc1oncc1/C=C/c1ccccc1. The van der Waals surface area contributed by atoms with Crippen LogP contribution in [-0.4, -0.2) is 5.16 Å². The minimum Gasteiger partial charge on any atom is -0.361 e. The molecule has 0 aliphatic heterocycles. The molecule has 2 heteroatoms. The maximum atomic E-state index is 4.95. The molecule has 0 aliphatic carbocycles. The van der Waals surface area contributed by atoms with Crippen molar-refractivity contribution in [2.24, 2.45) is 0 Å². The summed E-state index contributed by atoms with van der Waals surface area (Å²) in [6.45, 7) is 1.90. The third kappa shape index (κ3) is 1.91. The molecule has 1 heterocycles. The minimum absolute atomic E-state index is 0.845. The first-order chi connectivity index (χ1) is 6.86. The fraction of sp³-hybridized carbons (Fsp3) is 0.0833. The largest absolute Gasteiger partial charge is 0.361 e. The van der Waals surface area contributed by atoms with Crippen LogP contribution in [-0.2, 0) is 0 Å². The number of hydrogen-bond acceptors (Lipinski definition) is 2. The summed E-state index contributed by atoms with van der Waals surface area (Å²) in [5.74, 6) is 0.845. The van der Waals surface area contributed by atoms with Crippen LogP contribution in [0.4, 0.5) is 0 Å². The fourth-order valence-corrected chi connectivity index (χ4v) is 1.22. The van der Waals surface area contributed by atoms with Gasteiger partial charge in [0.15, 0.2) is 0 Å². The number of hydrogen-bond donors (Lipinski definition) is 0. The molecule has 1 aromatic heterocycles. The van der Waals surface area contributed by atoms with Crippen LogP contribution in [0, 0.1) is 6.92 Å². The molecule has 0 N–H and O–H groups in total. The van der Waals surface area contributed by atoms with Crippen molar-refractivity contribution >= 4 is 12.2 Å². The van der Waals surface area contributed by atoms with Crippen LogP contribution in [0.3, 0.4) is 0 Å². The monoisotopic (exact) mass is 185 g/mol. The highest BCUT2D eigenvalue weighted by atomic mass is 16.5. The molecule has 1 aromatic carbocycles. The molecule has 2 nitrogen and oxygen atoms in total. The molecule has 0 unspecified atom stereocenters. The minimum atomic E-state index is 0.845. The lowest BCUT2D eigenvalue weighted by atomic mass is 10.2. The number of aromatic nitrogens is 1. The van der Waals surface area contributed by atoms with Crippen LogP contribution < -0.4 is 0 Å². The zero-order valence-electron chi connectivity index (χ0n) is 7.97. The molecule has 70 valence electrons. The zero-order valence-corrected chi connectivity index (χ0v) is 7.97. The number of rotatable bonds is 2. The number of benzene rings is 1. The van der Waals surface area contributed by atoms with E-state index < -0.39 is 0 Å². The van der Waals surface area contributed by atoms with E-state index in [4.69, 9.17) is 4.52 Å². The highest BCUT2D eigenvalue weighted by Gasteiger charge is 1.96. The molecule has 2 aromatic rings. The average Bonchev–Trinajstić information content (AvgIpc) is 2.63. The molecular formula is C12H11NO. The maximum absolute atomic E-state index is 4.95. The van der Waals surface area contributed by atoms with E-state index in [2.05, 4.69) is 17.3 Å². The highest BCUT2D eigenvalue weighted by molar-refractivity contribution is 5.69. The quantitative estimate of drug-likeness (QED) is 0.718. The van der Waals surface area contributed by atoms with Crippen LogP contribution >= 0.6 is 0 Å². The Morgan fingerprint density at radius 2 is 1.93 bits per heavy atom. The Kier molecular flexibility index (Phi) is 2.45. The first kappa shape index (κ1) is 8.75. The van der Waals surface area contributed by atoms with Gasteiger partial charge in [0.2, 0.25) is 0 Å². The van der Waals surface area contributed by atoms with Gasteiger partial charge in [-0.25, -0.2) is 0 Å². The Hall–Kier alpha value is -1.83. The highest BCUT2D eigenvalue weighted by Crippen LogP contribution is 2.11. The summed E-state index contributed by atoms with van der Waals surface area (Å²) in [4.78, 5) is 0. The van der Waals surface area contributed by atoms with Gasteiger partial charge < -0.3 is 4.52 Å². The molecule has 14 heavy (non-hydrogen) atoms. The second-order valence-corrected chi connectivity index (χ2v) is 3.08. The third-order valence-corrected chi connectivity index (χ3v) is 2.04. The van der Waals surface area contributed by atoms with Crippen molar-refractivity contribution in [1.29, 1.82) is 0 Å². The summed E-state index contributed by atoms with van der Waals surface area (Å²) in [6, 6.07) is 10.1. The Morgan fingerprint density at radius 1 is 1.14 bits per heavy atom. The van der Waals surface area contributed by atoms with Gasteiger partial charge in [0.05, 0.1) is 6.20 Å². The summed E-state index contributed by atoms with van der Waals surface area (Å²) in [5, 5.41) is 3.71. The van der Waals surface area contributed by atoms with E-state index in [0.717, 1.165) is 11.3 Å². The van der Waals surface area contributed by atoms with E-state index in [-0.39, 0.29) is 0 Å². The topological polar surface area (TPSA) is 26.0 Å². The lowest BCUT2D eigenvalue weighted by molar-refractivity contribution is 0.397. The van der Waals surface area contributed by atoms with E-state index in [1.165, 1.54) is 5.56 Å². The summed E-state index contributed by atoms with van der Waals surface area (Å²) >= 11 is 0. The smallest absolute Gasteiger partial charge is 0.140 e. The van der Waals surface area contributed by atoms with Gasteiger partial charge >= 0.3 is 0 Å². The van der Waals surface area contributed by atoms with E-state index >= 15 is 0 Å². The lowest BCUT2D eigenvalue weighted by Crippen LogP contribution is -1.71. The molecule has 0 atom stereocenters. The van der Waals surface area contributed by atoms with Crippen molar-refractivity contribution in [1.82, 2.24) is 5.16 Å². The van der Waals surface area contributed by atoms with Crippen molar-refractivity contribution in [3.8, 4) is 0 Å². The van der Waals surface area contributed by atoms with E-state index in [1.54, 1.807) is 6.20 Å². The third-order valence-electron chi connectivity index (χ3n) is 2.04. The Morgan fingerprint density at radius 3 is 2.57 bits per heavy atom. The van der Waals surface area contributed by atoms with Gasteiger partial charge in [-0.1, -0.05) is 41.6 Å². The number of aryl methyl sites for hydroxylation is 1. The van der Waals surface area contributed by atoms with E-state index in [1.807, 2.05) is 37.3 Å². The van der Waals surface area contributed by atoms with Crippen LogP contribution in [0.2, 0.25) is 0 Å². The van der Waals surface area contributed by atoms with Crippen LogP contribution in [0.15, 0.2) is 41.1 Å². The van der Waals surface area contributed by atoms with Crippen LogP contribution in [0.25, 0.3) is 12.2 Å². The fourth-order valence-electron chi connectivity index (χ4n) is 1.22. The Labute approximate surface area is 82.9 Å². The second-order valence-electron chi connectivity index (χ2n) is 3.08. The Balaban J connectivity index is 2.20. The molecule has 0 bridgehead atoms. The molecule has 0 fully saturated rings. The van der Waals surface area contributed by atoms with Gasteiger partial charge in [0.1, 0.15) is 5.76 Å². The van der Waals surface area contributed by atoms with Crippen molar-refractivity contribution < 1.29 is 4.52 Å². The average molecular weight is 185 g/mol. The zero-order chi connectivity index (χ0) is 9.80. The van der Waals surface area contributed by atoms with Gasteiger partial charge in [-0.3, -0.25) is 0 Å². The van der Waals surface area contributed by atoms with Gasteiger partial charge in [-0.15, -0.1) is 0 Å². The normalized spacial score (nSPS) is 10.9. The van der Waals surface area contributed by atoms with Crippen molar-refractivity contribution in [2.75, 3.05) is 0 Å². The van der Waals surface area contributed by atoms with Crippen molar-refractivity contribution in [2.45, 2.75) is 6.92 Å². The Bertz CT molecular complexity index is 429. The predicted molar refractivity (Wildman–Crippen MR) is 56.6 cm³/mol. The van der Waals surface area contributed by atoms with Crippen molar-refractivity contribution in [3.63, 3.8) is 0 Å². The van der Waals surface area contributed by atoms with Crippen LogP contribution in [0.5, 0.6) is 0 Å². The van der Waals surface area contributed by atoms with E-state index in [9.17, 15) is 0 Å².